The molecule has 78 valence electrons. The van der Waals surface area contributed by atoms with Gasteiger partial charge in [-0.2, -0.15) is 0 Å². The van der Waals surface area contributed by atoms with Crippen LogP contribution in [0, 0.1) is 13.8 Å². The SMILES string of the molecule is CCc1csc(-c2ncc(C)cc2C)n1. The zero-order valence-electron chi connectivity index (χ0n) is 9.24. The third kappa shape index (κ3) is 2.07. The monoisotopic (exact) mass is 218 g/mol. The molecule has 0 saturated carbocycles. The fourth-order valence-corrected chi connectivity index (χ4v) is 2.48. The van der Waals surface area contributed by atoms with Crippen LogP contribution in [0.5, 0.6) is 0 Å². The van der Waals surface area contributed by atoms with Gasteiger partial charge in [-0.15, -0.1) is 11.3 Å². The Bertz CT molecular complexity index is 474. The summed E-state index contributed by atoms with van der Waals surface area (Å²) in [5.74, 6) is 0. The number of aromatic nitrogens is 2. The summed E-state index contributed by atoms with van der Waals surface area (Å²) in [7, 11) is 0. The molecule has 2 rings (SSSR count). The normalized spacial score (nSPS) is 10.6. The molecule has 0 N–H and O–H groups in total. The Morgan fingerprint density at radius 2 is 2.13 bits per heavy atom. The third-order valence-corrected chi connectivity index (χ3v) is 3.23. The van der Waals surface area contributed by atoms with Crippen molar-refractivity contribution in [3.8, 4) is 10.7 Å². The molecule has 0 atom stereocenters. The molecule has 0 bridgehead atoms. The van der Waals surface area contributed by atoms with Crippen molar-refractivity contribution in [2.75, 3.05) is 0 Å². The highest BCUT2D eigenvalue weighted by atomic mass is 32.1. The van der Waals surface area contributed by atoms with Gasteiger partial charge in [0.15, 0.2) is 0 Å². The van der Waals surface area contributed by atoms with E-state index in [-0.39, 0.29) is 0 Å². The van der Waals surface area contributed by atoms with Gasteiger partial charge in [0.25, 0.3) is 0 Å². The molecule has 0 aliphatic carbocycles. The molecule has 3 heteroatoms. The summed E-state index contributed by atoms with van der Waals surface area (Å²) < 4.78 is 0. The van der Waals surface area contributed by atoms with Crippen LogP contribution in [0.2, 0.25) is 0 Å². The molecule has 2 aromatic rings. The summed E-state index contributed by atoms with van der Waals surface area (Å²) in [4.78, 5) is 8.99. The highest BCUT2D eigenvalue weighted by Crippen LogP contribution is 2.25. The molecule has 0 fully saturated rings. The Hall–Kier alpha value is -1.22. The fourth-order valence-electron chi connectivity index (χ4n) is 1.52. The van der Waals surface area contributed by atoms with Gasteiger partial charge in [0, 0.05) is 11.6 Å². The van der Waals surface area contributed by atoms with Gasteiger partial charge in [0.1, 0.15) is 10.7 Å². The number of nitrogens with zero attached hydrogens (tertiary/aromatic N) is 2. The molecule has 0 amide bonds. The molecule has 0 unspecified atom stereocenters. The van der Waals surface area contributed by atoms with Crippen molar-refractivity contribution in [3.05, 3.63) is 34.5 Å². The molecule has 0 aromatic carbocycles. The first-order valence-electron chi connectivity index (χ1n) is 5.08. The van der Waals surface area contributed by atoms with E-state index in [1.165, 1.54) is 11.1 Å². The van der Waals surface area contributed by atoms with Gasteiger partial charge in [-0.3, -0.25) is 4.98 Å². The number of thiazole rings is 1. The Kier molecular flexibility index (Phi) is 2.82. The van der Waals surface area contributed by atoms with Gasteiger partial charge in [-0.05, 0) is 31.4 Å². The smallest absolute Gasteiger partial charge is 0.142 e. The van der Waals surface area contributed by atoms with Gasteiger partial charge in [0.05, 0.1) is 5.69 Å². The predicted octanol–water partition coefficient (Wildman–Crippen LogP) is 3.38. The zero-order valence-corrected chi connectivity index (χ0v) is 10.1. The first-order valence-corrected chi connectivity index (χ1v) is 5.96. The molecule has 2 aromatic heterocycles. The van der Waals surface area contributed by atoms with Gasteiger partial charge >= 0.3 is 0 Å². The highest BCUT2D eigenvalue weighted by molar-refractivity contribution is 7.13. The molecule has 0 aliphatic rings. The van der Waals surface area contributed by atoms with Gasteiger partial charge in [-0.25, -0.2) is 4.98 Å². The van der Waals surface area contributed by atoms with Crippen molar-refractivity contribution in [1.29, 1.82) is 0 Å². The number of rotatable bonds is 2. The lowest BCUT2D eigenvalue weighted by Gasteiger charge is -2.01. The maximum Gasteiger partial charge on any atom is 0.142 e. The van der Waals surface area contributed by atoms with Gasteiger partial charge in [0.2, 0.25) is 0 Å². The van der Waals surface area contributed by atoms with E-state index < -0.39 is 0 Å². The molecule has 2 nitrogen and oxygen atoms in total. The predicted molar refractivity (Wildman–Crippen MR) is 64.2 cm³/mol. The summed E-state index contributed by atoms with van der Waals surface area (Å²) in [6.45, 7) is 6.26. The molecule has 0 aliphatic heterocycles. The van der Waals surface area contributed by atoms with Crippen molar-refractivity contribution < 1.29 is 0 Å². The summed E-state index contributed by atoms with van der Waals surface area (Å²) in [5.41, 5.74) is 4.57. The van der Waals surface area contributed by atoms with E-state index in [9.17, 15) is 0 Å². The fraction of sp³-hybridized carbons (Fsp3) is 0.333. The maximum absolute atomic E-state index is 4.55. The molecule has 0 spiro atoms. The van der Waals surface area contributed by atoms with Crippen molar-refractivity contribution in [2.24, 2.45) is 0 Å². The van der Waals surface area contributed by atoms with Crippen molar-refractivity contribution in [1.82, 2.24) is 9.97 Å². The van der Waals surface area contributed by atoms with Crippen LogP contribution in [0.15, 0.2) is 17.6 Å². The van der Waals surface area contributed by atoms with Crippen molar-refractivity contribution in [3.63, 3.8) is 0 Å². The van der Waals surface area contributed by atoms with E-state index in [1.54, 1.807) is 11.3 Å². The third-order valence-electron chi connectivity index (χ3n) is 2.33. The molecule has 2 heterocycles. The minimum absolute atomic E-state index is 0.988. The maximum atomic E-state index is 4.55. The van der Waals surface area contributed by atoms with E-state index in [4.69, 9.17) is 0 Å². The minimum Gasteiger partial charge on any atom is -0.253 e. The first kappa shape index (κ1) is 10.3. The quantitative estimate of drug-likeness (QED) is 0.772. The standard InChI is InChI=1S/C12H14N2S/c1-4-10-7-15-12(14-10)11-9(3)5-8(2)6-13-11/h5-7H,4H2,1-3H3. The van der Waals surface area contributed by atoms with Crippen LogP contribution in [-0.2, 0) is 6.42 Å². The Balaban J connectivity index is 2.44. The largest absolute Gasteiger partial charge is 0.253 e. The zero-order chi connectivity index (χ0) is 10.8. The first-order chi connectivity index (χ1) is 7.20. The van der Waals surface area contributed by atoms with Gasteiger partial charge in [-0.1, -0.05) is 13.0 Å². The molecule has 0 saturated heterocycles. The lowest BCUT2D eigenvalue weighted by atomic mass is 10.2. The van der Waals surface area contributed by atoms with Crippen LogP contribution >= 0.6 is 11.3 Å². The Morgan fingerprint density at radius 1 is 1.33 bits per heavy atom. The lowest BCUT2D eigenvalue weighted by molar-refractivity contribution is 1.06. The van der Waals surface area contributed by atoms with E-state index in [0.29, 0.717) is 0 Å². The molecular formula is C12H14N2S. The summed E-state index contributed by atoms with van der Waals surface area (Å²) in [6, 6.07) is 2.15. The van der Waals surface area contributed by atoms with Crippen LogP contribution in [0.3, 0.4) is 0 Å². The second kappa shape index (κ2) is 4.11. The van der Waals surface area contributed by atoms with Crippen LogP contribution in [-0.4, -0.2) is 9.97 Å². The lowest BCUT2D eigenvalue weighted by Crippen LogP contribution is -1.89. The van der Waals surface area contributed by atoms with Crippen LogP contribution in [0.4, 0.5) is 0 Å². The van der Waals surface area contributed by atoms with E-state index >= 15 is 0 Å². The molecule has 15 heavy (non-hydrogen) atoms. The van der Waals surface area contributed by atoms with Crippen LogP contribution < -0.4 is 0 Å². The number of hydrogen-bond acceptors (Lipinski definition) is 3. The molecule has 0 radical (unpaired) electrons. The molecular weight excluding hydrogens is 204 g/mol. The minimum atomic E-state index is 0.988. The number of aryl methyl sites for hydroxylation is 3. The average molecular weight is 218 g/mol. The van der Waals surface area contributed by atoms with Crippen molar-refractivity contribution in [2.45, 2.75) is 27.2 Å². The van der Waals surface area contributed by atoms with E-state index in [2.05, 4.69) is 42.2 Å². The Morgan fingerprint density at radius 3 is 2.73 bits per heavy atom. The van der Waals surface area contributed by atoms with Crippen LogP contribution in [0.25, 0.3) is 10.7 Å². The number of pyridine rings is 1. The second-order valence-electron chi connectivity index (χ2n) is 3.68. The summed E-state index contributed by atoms with van der Waals surface area (Å²) >= 11 is 1.67. The summed E-state index contributed by atoms with van der Waals surface area (Å²) in [6.07, 6.45) is 2.89. The Labute approximate surface area is 94.0 Å². The average Bonchev–Trinajstić information content (AvgIpc) is 2.66. The highest BCUT2D eigenvalue weighted by Gasteiger charge is 2.07. The van der Waals surface area contributed by atoms with Crippen molar-refractivity contribution >= 4 is 11.3 Å². The summed E-state index contributed by atoms with van der Waals surface area (Å²) in [5, 5.41) is 3.14. The van der Waals surface area contributed by atoms with Gasteiger partial charge < -0.3 is 0 Å². The van der Waals surface area contributed by atoms with E-state index in [0.717, 1.165) is 22.8 Å². The second-order valence-corrected chi connectivity index (χ2v) is 4.53. The van der Waals surface area contributed by atoms with Crippen LogP contribution in [0.1, 0.15) is 23.7 Å². The van der Waals surface area contributed by atoms with E-state index in [1.807, 2.05) is 6.20 Å². The number of hydrogen-bond donors (Lipinski definition) is 0. The topological polar surface area (TPSA) is 25.8 Å².